The predicted octanol–water partition coefficient (Wildman–Crippen LogP) is 1.63. The van der Waals surface area contributed by atoms with Crippen molar-refractivity contribution < 1.29 is 9.59 Å². The van der Waals surface area contributed by atoms with E-state index in [9.17, 15) is 9.59 Å². The first kappa shape index (κ1) is 17.5. The normalized spacial score (nSPS) is 13.3. The minimum atomic E-state index is -0.357. The smallest absolute Gasteiger partial charge is 0.222 e. The second kappa shape index (κ2) is 8.64. The first-order chi connectivity index (χ1) is 9.92. The molecule has 0 aliphatic carbocycles. The summed E-state index contributed by atoms with van der Waals surface area (Å²) >= 11 is 5.85. The number of amides is 2. The summed E-state index contributed by atoms with van der Waals surface area (Å²) < 4.78 is 0. The minimum absolute atomic E-state index is 0.106. The molecule has 1 aromatic carbocycles. The van der Waals surface area contributed by atoms with Gasteiger partial charge in [-0.25, -0.2) is 0 Å². The molecule has 0 spiro atoms. The molecule has 116 valence electrons. The first-order valence-corrected chi connectivity index (χ1v) is 7.26. The molecule has 2 atom stereocenters. The lowest BCUT2D eigenvalue weighted by molar-refractivity contribution is -0.122. The van der Waals surface area contributed by atoms with Crippen LogP contribution in [0.15, 0.2) is 24.3 Å². The highest BCUT2D eigenvalue weighted by atomic mass is 35.5. The highest BCUT2D eigenvalue weighted by Gasteiger charge is 2.17. The highest BCUT2D eigenvalue weighted by molar-refractivity contribution is 6.30. The number of benzene rings is 1. The van der Waals surface area contributed by atoms with Gasteiger partial charge in [-0.05, 0) is 31.7 Å². The van der Waals surface area contributed by atoms with E-state index in [1.54, 1.807) is 12.1 Å². The molecule has 0 saturated carbocycles. The van der Waals surface area contributed by atoms with E-state index in [1.807, 2.05) is 26.1 Å². The lowest BCUT2D eigenvalue weighted by Gasteiger charge is -2.19. The quantitative estimate of drug-likeness (QED) is 0.717. The third kappa shape index (κ3) is 6.60. The molecule has 0 fully saturated rings. The van der Waals surface area contributed by atoms with Gasteiger partial charge in [0.2, 0.25) is 11.8 Å². The van der Waals surface area contributed by atoms with Crippen molar-refractivity contribution in [2.24, 2.45) is 0 Å². The van der Waals surface area contributed by atoms with Gasteiger partial charge >= 0.3 is 0 Å². The SMILES string of the molecule is CNC(C)CNC(=O)CC(NC(C)=O)c1ccc(Cl)cc1. The molecule has 0 heterocycles. The molecular formula is C15H22ClN3O2. The Labute approximate surface area is 130 Å². The fraction of sp³-hybridized carbons (Fsp3) is 0.467. The molecule has 1 rings (SSSR count). The van der Waals surface area contributed by atoms with E-state index in [4.69, 9.17) is 11.6 Å². The molecule has 2 unspecified atom stereocenters. The van der Waals surface area contributed by atoms with Crippen molar-refractivity contribution in [3.63, 3.8) is 0 Å². The summed E-state index contributed by atoms with van der Waals surface area (Å²) in [6, 6.07) is 6.95. The molecule has 0 aliphatic rings. The van der Waals surface area contributed by atoms with Gasteiger partial charge in [0.15, 0.2) is 0 Å². The average molecular weight is 312 g/mol. The summed E-state index contributed by atoms with van der Waals surface area (Å²) in [5.74, 6) is -0.280. The fourth-order valence-corrected chi connectivity index (χ4v) is 1.95. The second-order valence-electron chi connectivity index (χ2n) is 5.00. The van der Waals surface area contributed by atoms with Crippen LogP contribution < -0.4 is 16.0 Å². The van der Waals surface area contributed by atoms with Crippen LogP contribution in [0.25, 0.3) is 0 Å². The van der Waals surface area contributed by atoms with Crippen LogP contribution in [0.3, 0.4) is 0 Å². The summed E-state index contributed by atoms with van der Waals surface area (Å²) in [4.78, 5) is 23.3. The number of carbonyl (C=O) groups is 2. The van der Waals surface area contributed by atoms with Crippen LogP contribution in [-0.2, 0) is 9.59 Å². The van der Waals surface area contributed by atoms with Gasteiger partial charge in [0.25, 0.3) is 0 Å². The zero-order chi connectivity index (χ0) is 15.8. The summed E-state index contributed by atoms with van der Waals surface area (Å²) in [6.45, 7) is 3.96. The summed E-state index contributed by atoms with van der Waals surface area (Å²) in [7, 11) is 1.84. The van der Waals surface area contributed by atoms with Gasteiger partial charge in [-0.1, -0.05) is 23.7 Å². The molecule has 3 N–H and O–H groups in total. The van der Waals surface area contributed by atoms with Crippen molar-refractivity contribution in [2.75, 3.05) is 13.6 Å². The average Bonchev–Trinajstić information content (AvgIpc) is 2.44. The van der Waals surface area contributed by atoms with Gasteiger partial charge < -0.3 is 16.0 Å². The molecule has 0 aromatic heterocycles. The van der Waals surface area contributed by atoms with Crippen molar-refractivity contribution in [1.82, 2.24) is 16.0 Å². The van der Waals surface area contributed by atoms with Crippen molar-refractivity contribution in [3.8, 4) is 0 Å². The first-order valence-electron chi connectivity index (χ1n) is 6.89. The Morgan fingerprint density at radius 1 is 1.24 bits per heavy atom. The number of carbonyl (C=O) groups excluding carboxylic acids is 2. The minimum Gasteiger partial charge on any atom is -0.354 e. The lowest BCUT2D eigenvalue weighted by atomic mass is 10.0. The maximum atomic E-state index is 12.0. The zero-order valence-corrected chi connectivity index (χ0v) is 13.3. The summed E-state index contributed by atoms with van der Waals surface area (Å²) in [5.41, 5.74) is 0.853. The van der Waals surface area contributed by atoms with Crippen molar-refractivity contribution >= 4 is 23.4 Å². The molecule has 0 saturated heterocycles. The molecule has 0 aliphatic heterocycles. The van der Waals surface area contributed by atoms with Crippen LogP contribution >= 0.6 is 11.6 Å². The maximum absolute atomic E-state index is 12.0. The van der Waals surface area contributed by atoms with E-state index >= 15 is 0 Å². The molecule has 1 aromatic rings. The zero-order valence-electron chi connectivity index (χ0n) is 12.6. The molecule has 21 heavy (non-hydrogen) atoms. The molecule has 2 amide bonds. The van der Waals surface area contributed by atoms with E-state index in [0.29, 0.717) is 11.6 Å². The number of hydrogen-bond acceptors (Lipinski definition) is 3. The van der Waals surface area contributed by atoms with Crippen LogP contribution in [0.1, 0.15) is 31.9 Å². The molecule has 0 bridgehead atoms. The molecule has 6 heteroatoms. The van der Waals surface area contributed by atoms with Crippen LogP contribution in [0.4, 0.5) is 0 Å². The van der Waals surface area contributed by atoms with Crippen LogP contribution in [0.2, 0.25) is 5.02 Å². The maximum Gasteiger partial charge on any atom is 0.222 e. The van der Waals surface area contributed by atoms with Gasteiger partial charge in [0.1, 0.15) is 0 Å². The van der Waals surface area contributed by atoms with Crippen LogP contribution in [-0.4, -0.2) is 31.4 Å². The van der Waals surface area contributed by atoms with Crippen LogP contribution in [0, 0.1) is 0 Å². The third-order valence-electron chi connectivity index (χ3n) is 3.14. The Morgan fingerprint density at radius 3 is 2.38 bits per heavy atom. The Hall–Kier alpha value is -1.59. The number of likely N-dealkylation sites (N-methyl/N-ethyl adjacent to an activating group) is 1. The topological polar surface area (TPSA) is 70.2 Å². The van der Waals surface area contributed by atoms with E-state index in [2.05, 4.69) is 16.0 Å². The second-order valence-corrected chi connectivity index (χ2v) is 5.44. The Morgan fingerprint density at radius 2 is 1.86 bits per heavy atom. The van der Waals surface area contributed by atoms with Gasteiger partial charge in [-0.3, -0.25) is 9.59 Å². The lowest BCUT2D eigenvalue weighted by Crippen LogP contribution is -2.39. The van der Waals surface area contributed by atoms with E-state index in [1.165, 1.54) is 6.92 Å². The predicted molar refractivity (Wildman–Crippen MR) is 84.2 cm³/mol. The van der Waals surface area contributed by atoms with E-state index in [-0.39, 0.29) is 30.3 Å². The Balaban J connectivity index is 2.67. The van der Waals surface area contributed by atoms with Crippen molar-refractivity contribution in [2.45, 2.75) is 32.4 Å². The van der Waals surface area contributed by atoms with Crippen molar-refractivity contribution in [3.05, 3.63) is 34.9 Å². The standard InChI is InChI=1S/C15H22ClN3O2/c1-10(17-3)9-18-15(21)8-14(19-11(2)20)12-4-6-13(16)7-5-12/h4-7,10,14,17H,8-9H2,1-3H3,(H,18,21)(H,19,20). The molecule has 0 radical (unpaired) electrons. The van der Waals surface area contributed by atoms with E-state index < -0.39 is 0 Å². The van der Waals surface area contributed by atoms with Crippen molar-refractivity contribution in [1.29, 1.82) is 0 Å². The fourth-order valence-electron chi connectivity index (χ4n) is 1.82. The number of rotatable bonds is 7. The van der Waals surface area contributed by atoms with E-state index in [0.717, 1.165) is 5.56 Å². The van der Waals surface area contributed by atoms with Gasteiger partial charge in [-0.15, -0.1) is 0 Å². The summed E-state index contributed by atoms with van der Waals surface area (Å²) in [5, 5.41) is 9.29. The monoisotopic (exact) mass is 311 g/mol. The Kier molecular flexibility index (Phi) is 7.19. The number of nitrogens with one attached hydrogen (secondary N) is 3. The number of hydrogen-bond donors (Lipinski definition) is 3. The number of halogens is 1. The molecule has 5 nitrogen and oxygen atoms in total. The largest absolute Gasteiger partial charge is 0.354 e. The Bertz CT molecular complexity index is 476. The van der Waals surface area contributed by atoms with Gasteiger partial charge in [0, 0.05) is 24.5 Å². The van der Waals surface area contributed by atoms with Gasteiger partial charge in [-0.2, -0.15) is 0 Å². The van der Waals surface area contributed by atoms with Gasteiger partial charge in [0.05, 0.1) is 12.5 Å². The highest BCUT2D eigenvalue weighted by Crippen LogP contribution is 2.19. The third-order valence-corrected chi connectivity index (χ3v) is 3.39. The molecular weight excluding hydrogens is 290 g/mol. The summed E-state index contributed by atoms with van der Waals surface area (Å²) in [6.07, 6.45) is 0.192. The van der Waals surface area contributed by atoms with Crippen LogP contribution in [0.5, 0.6) is 0 Å².